The lowest BCUT2D eigenvalue weighted by Crippen LogP contribution is -2.56. The molecule has 0 spiro atoms. The van der Waals surface area contributed by atoms with Crippen LogP contribution in [0.4, 0.5) is 10.1 Å². The zero-order valence-corrected chi connectivity index (χ0v) is 26.6. The van der Waals surface area contributed by atoms with Crippen LogP contribution in [0.3, 0.4) is 0 Å². The summed E-state index contributed by atoms with van der Waals surface area (Å²) in [4.78, 5) is 29.3. The normalized spacial score (nSPS) is 12.2. The minimum absolute atomic E-state index is 0.0460. The van der Waals surface area contributed by atoms with Crippen molar-refractivity contribution in [2.75, 3.05) is 17.1 Å². The van der Waals surface area contributed by atoms with E-state index in [-0.39, 0.29) is 18.7 Å². The first-order chi connectivity index (χ1) is 21.3. The number of carbonyl (C=O) groups excluding carboxylic acids is 2. The van der Waals surface area contributed by atoms with Crippen LogP contribution in [-0.2, 0) is 32.6 Å². The summed E-state index contributed by atoms with van der Waals surface area (Å²) in [5.74, 6) is -0.320. The van der Waals surface area contributed by atoms with E-state index >= 15 is 0 Å². The number of hydrogen-bond donors (Lipinski definition) is 1. The van der Waals surface area contributed by atoms with Crippen LogP contribution < -0.4 is 14.4 Å². The van der Waals surface area contributed by atoms with Crippen LogP contribution >= 0.6 is 0 Å². The van der Waals surface area contributed by atoms with E-state index in [9.17, 15) is 22.4 Å². The fourth-order valence-corrected chi connectivity index (χ4v) is 5.56. The molecule has 4 aromatic rings. The number of halogens is 1. The van der Waals surface area contributed by atoms with Crippen LogP contribution in [0.15, 0.2) is 109 Å². The average Bonchev–Trinajstić information content (AvgIpc) is 2.98. The van der Waals surface area contributed by atoms with Gasteiger partial charge in [0.2, 0.25) is 21.8 Å². The van der Waals surface area contributed by atoms with Crippen LogP contribution in [0.25, 0.3) is 0 Å². The number of anilines is 1. The molecule has 0 saturated carbocycles. The highest BCUT2D eigenvalue weighted by molar-refractivity contribution is 7.92. The number of amides is 2. The molecule has 4 rings (SSSR count). The molecule has 1 atom stereocenters. The van der Waals surface area contributed by atoms with Crippen molar-refractivity contribution < 1.29 is 27.1 Å². The number of hydrogen-bond acceptors (Lipinski definition) is 5. The lowest BCUT2D eigenvalue weighted by atomic mass is 10.0. The van der Waals surface area contributed by atoms with E-state index in [1.165, 1.54) is 29.2 Å². The number of benzene rings is 4. The maximum Gasteiger partial charge on any atom is 0.244 e. The fraction of sp³-hybridized carbons (Fsp3) is 0.257. The van der Waals surface area contributed by atoms with Gasteiger partial charge in [0.1, 0.15) is 29.9 Å². The predicted octanol–water partition coefficient (Wildman–Crippen LogP) is 5.94. The van der Waals surface area contributed by atoms with Crippen LogP contribution in [0.5, 0.6) is 11.5 Å². The van der Waals surface area contributed by atoms with E-state index in [1.807, 2.05) is 69.3 Å². The van der Waals surface area contributed by atoms with Crippen molar-refractivity contribution in [1.29, 1.82) is 0 Å². The molecule has 0 fully saturated rings. The van der Waals surface area contributed by atoms with Gasteiger partial charge in [-0.2, -0.15) is 0 Å². The van der Waals surface area contributed by atoms with E-state index in [4.69, 9.17) is 4.74 Å². The average molecular weight is 632 g/mol. The van der Waals surface area contributed by atoms with Gasteiger partial charge in [0.05, 0.1) is 11.9 Å². The van der Waals surface area contributed by atoms with Gasteiger partial charge in [0, 0.05) is 18.5 Å². The van der Waals surface area contributed by atoms with Crippen molar-refractivity contribution in [2.45, 2.75) is 45.3 Å². The van der Waals surface area contributed by atoms with Crippen molar-refractivity contribution in [3.63, 3.8) is 0 Å². The zero-order valence-electron chi connectivity index (χ0n) is 25.8. The van der Waals surface area contributed by atoms with E-state index in [0.717, 1.165) is 16.1 Å². The van der Waals surface area contributed by atoms with Crippen molar-refractivity contribution >= 4 is 27.5 Å². The predicted molar refractivity (Wildman–Crippen MR) is 174 cm³/mol. The summed E-state index contributed by atoms with van der Waals surface area (Å²) in [6.45, 7) is 4.91. The Hall–Kier alpha value is -4.70. The van der Waals surface area contributed by atoms with Gasteiger partial charge in [-0.25, -0.2) is 12.8 Å². The van der Waals surface area contributed by atoms with Crippen molar-refractivity contribution in [3.05, 3.63) is 126 Å². The lowest BCUT2D eigenvalue weighted by molar-refractivity contribution is -0.140. The third-order valence-corrected chi connectivity index (χ3v) is 7.96. The molecule has 4 aromatic carbocycles. The van der Waals surface area contributed by atoms with E-state index in [2.05, 4.69) is 5.32 Å². The van der Waals surface area contributed by atoms with Gasteiger partial charge in [-0.15, -0.1) is 0 Å². The summed E-state index contributed by atoms with van der Waals surface area (Å²) in [7, 11) is -3.94. The first kappa shape index (κ1) is 33.2. The highest BCUT2D eigenvalue weighted by Crippen LogP contribution is 2.26. The summed E-state index contributed by atoms with van der Waals surface area (Å²) >= 11 is 0. The molecule has 0 radical (unpaired) electrons. The summed E-state index contributed by atoms with van der Waals surface area (Å²) in [6.07, 6.45) is 1.20. The SMILES string of the molecule is CC(C)(C)NC(=O)C(Cc1ccccc1)N(Cc1ccc(F)cc1)C(=O)CN(c1ccc(Oc2ccccc2)cc1)S(C)(=O)=O. The van der Waals surface area contributed by atoms with Crippen LogP contribution in [0.1, 0.15) is 31.9 Å². The monoisotopic (exact) mass is 631 g/mol. The van der Waals surface area contributed by atoms with Crippen molar-refractivity contribution in [3.8, 4) is 11.5 Å². The third-order valence-electron chi connectivity index (χ3n) is 6.82. The molecular weight excluding hydrogens is 593 g/mol. The molecule has 236 valence electrons. The molecule has 0 saturated heterocycles. The Kier molecular flexibility index (Phi) is 10.6. The number of carbonyl (C=O) groups is 2. The molecule has 0 aliphatic heterocycles. The molecule has 10 heteroatoms. The molecule has 0 aromatic heterocycles. The molecule has 0 aliphatic carbocycles. The van der Waals surface area contributed by atoms with Gasteiger partial charge < -0.3 is 15.0 Å². The Balaban J connectivity index is 1.68. The third kappa shape index (κ3) is 9.90. The van der Waals surface area contributed by atoms with E-state index in [0.29, 0.717) is 17.1 Å². The minimum atomic E-state index is -3.94. The van der Waals surface area contributed by atoms with Gasteiger partial charge in [0.25, 0.3) is 0 Å². The van der Waals surface area contributed by atoms with Gasteiger partial charge in [-0.3, -0.25) is 13.9 Å². The van der Waals surface area contributed by atoms with Crippen molar-refractivity contribution in [2.24, 2.45) is 0 Å². The number of nitrogens with zero attached hydrogens (tertiary/aromatic N) is 2. The second-order valence-corrected chi connectivity index (χ2v) is 13.7. The molecule has 1 unspecified atom stereocenters. The molecule has 1 N–H and O–H groups in total. The highest BCUT2D eigenvalue weighted by Gasteiger charge is 2.34. The highest BCUT2D eigenvalue weighted by atomic mass is 32.2. The fourth-order valence-electron chi connectivity index (χ4n) is 4.71. The smallest absolute Gasteiger partial charge is 0.244 e. The quantitative estimate of drug-likeness (QED) is 0.209. The minimum Gasteiger partial charge on any atom is -0.457 e. The maximum atomic E-state index is 14.2. The maximum absolute atomic E-state index is 14.2. The summed E-state index contributed by atoms with van der Waals surface area (Å²) in [5, 5.41) is 2.97. The van der Waals surface area contributed by atoms with Crippen LogP contribution in [0.2, 0.25) is 0 Å². The number of rotatable bonds is 12. The van der Waals surface area contributed by atoms with Crippen LogP contribution in [0, 0.1) is 5.82 Å². The molecule has 0 heterocycles. The Bertz CT molecular complexity index is 1680. The van der Waals surface area contributed by atoms with Gasteiger partial charge in [-0.05, 0) is 80.4 Å². The lowest BCUT2D eigenvalue weighted by Gasteiger charge is -2.35. The van der Waals surface area contributed by atoms with Gasteiger partial charge >= 0.3 is 0 Å². The number of sulfonamides is 1. The second kappa shape index (κ2) is 14.4. The number of nitrogens with one attached hydrogen (secondary N) is 1. The first-order valence-electron chi connectivity index (χ1n) is 14.5. The van der Waals surface area contributed by atoms with Gasteiger partial charge in [0.15, 0.2) is 0 Å². The van der Waals surface area contributed by atoms with E-state index in [1.54, 1.807) is 36.4 Å². The Morgan fingerprint density at radius 3 is 1.91 bits per heavy atom. The summed E-state index contributed by atoms with van der Waals surface area (Å²) in [6, 6.07) is 29.4. The summed E-state index contributed by atoms with van der Waals surface area (Å²) < 4.78 is 46.7. The molecule has 0 bridgehead atoms. The Morgan fingerprint density at radius 2 is 1.36 bits per heavy atom. The second-order valence-electron chi connectivity index (χ2n) is 11.8. The van der Waals surface area contributed by atoms with E-state index < -0.39 is 45.8 Å². The molecule has 8 nitrogen and oxygen atoms in total. The molecule has 45 heavy (non-hydrogen) atoms. The van der Waals surface area contributed by atoms with Crippen molar-refractivity contribution in [1.82, 2.24) is 10.2 Å². The molecule has 0 aliphatic rings. The summed E-state index contributed by atoms with van der Waals surface area (Å²) in [5.41, 5.74) is 1.06. The Labute approximate surface area is 264 Å². The molecule has 2 amide bonds. The zero-order chi connectivity index (χ0) is 32.6. The van der Waals surface area contributed by atoms with Crippen LogP contribution in [-0.4, -0.2) is 49.5 Å². The first-order valence-corrected chi connectivity index (χ1v) is 16.3. The molecular formula is C35H38FN3O5S. The Morgan fingerprint density at radius 1 is 0.800 bits per heavy atom. The van der Waals surface area contributed by atoms with Gasteiger partial charge in [-0.1, -0.05) is 60.7 Å². The largest absolute Gasteiger partial charge is 0.457 e. The standard InChI is InChI=1S/C35H38FN3O5S/c1-35(2,3)37-34(41)32(23-26-11-7-5-8-12-26)38(24-27-15-17-28(36)18-16-27)33(40)25-39(45(4,42)43)29-19-21-31(22-20-29)44-30-13-9-6-10-14-30/h5-22,32H,23-25H2,1-4H3,(H,37,41). The number of para-hydroxylation sites is 1. The number of ether oxygens (including phenoxy) is 1. The topological polar surface area (TPSA) is 96.0 Å².